The highest BCUT2D eigenvalue weighted by molar-refractivity contribution is 7.21. The van der Waals surface area contributed by atoms with Crippen molar-refractivity contribution in [1.29, 1.82) is 0 Å². The Balaban J connectivity index is 0.000000282. The minimum Gasteiger partial charge on any atom is -0.418 e. The smallest absolute Gasteiger partial charge is 0.418 e. The molecule has 1 aromatic heterocycles. The van der Waals surface area contributed by atoms with Crippen molar-refractivity contribution in [2.24, 2.45) is 0 Å². The number of benzene rings is 2. The number of para-hydroxylation sites is 1. The maximum absolute atomic E-state index is 9.75. The Kier molecular flexibility index (Phi) is 4.85. The second kappa shape index (κ2) is 6.45. The van der Waals surface area contributed by atoms with Crippen LogP contribution in [0.5, 0.6) is 0 Å². The fourth-order valence-corrected chi connectivity index (χ4v) is 2.61. The average Bonchev–Trinajstić information content (AvgIpc) is 2.81. The van der Waals surface area contributed by atoms with Crippen molar-refractivity contribution in [3.05, 3.63) is 53.6 Å². The predicted molar refractivity (Wildman–Crippen MR) is 79.1 cm³/mol. The van der Waals surface area contributed by atoms with Crippen molar-refractivity contribution in [3.8, 4) is 10.6 Å². The van der Waals surface area contributed by atoms with Crippen LogP contribution in [-0.2, 0) is 0 Å². The fourth-order valence-electron chi connectivity index (χ4n) is 1.54. The summed E-state index contributed by atoms with van der Waals surface area (Å²) in [7, 11) is -6.00. The number of rotatable bonds is 1. The molecule has 0 atom stereocenters. The summed E-state index contributed by atoms with van der Waals surface area (Å²) in [6.45, 7) is 0. The Labute approximate surface area is 126 Å². The van der Waals surface area contributed by atoms with Gasteiger partial charge in [0.15, 0.2) is 0 Å². The van der Waals surface area contributed by atoms with Gasteiger partial charge in [0.05, 0.1) is 5.56 Å². The van der Waals surface area contributed by atoms with Crippen LogP contribution in [0.1, 0.15) is 0 Å². The van der Waals surface area contributed by atoms with Crippen molar-refractivity contribution in [2.45, 2.75) is 0 Å². The Bertz CT molecular complexity index is 688. The van der Waals surface area contributed by atoms with E-state index in [1.54, 1.807) is 11.3 Å². The Morgan fingerprint density at radius 1 is 0.905 bits per heavy atom. The zero-order chi connectivity index (χ0) is 15.5. The highest BCUT2D eigenvalue weighted by Gasteiger charge is 2.20. The first-order valence-electron chi connectivity index (χ1n) is 5.78. The molecule has 0 fully saturated rings. The normalized spacial score (nSPS) is 11.1. The highest BCUT2D eigenvalue weighted by atomic mass is 35.5. The quantitative estimate of drug-likeness (QED) is 0.285. The van der Waals surface area contributed by atoms with Crippen molar-refractivity contribution in [2.75, 3.05) is 0 Å². The molecular weight excluding hydrogens is 326 g/mol. The van der Waals surface area contributed by atoms with E-state index in [4.69, 9.17) is 16.0 Å². The van der Waals surface area contributed by atoms with Gasteiger partial charge in [-0.1, -0.05) is 23.7 Å². The molecule has 0 spiro atoms. The standard InChI is InChI=1S/C13H8ClOS.BF4/c14-10-7-5-9(6-8-10)13-15-11-3-1-2-4-12(11)16-13;2-1(3,4)5/h1-8H;/q+1;-1. The predicted octanol–water partition coefficient (Wildman–Crippen LogP) is 6.40. The van der Waals surface area contributed by atoms with Gasteiger partial charge < -0.3 is 17.3 Å². The minimum absolute atomic E-state index is 0.741. The average molecular weight is 335 g/mol. The zero-order valence-corrected chi connectivity index (χ0v) is 12.0. The molecule has 21 heavy (non-hydrogen) atoms. The van der Waals surface area contributed by atoms with Crippen LogP contribution in [0, 0.1) is 0 Å². The van der Waals surface area contributed by atoms with Crippen LogP contribution >= 0.6 is 22.9 Å². The first kappa shape index (κ1) is 15.8. The van der Waals surface area contributed by atoms with Crippen LogP contribution in [0.2, 0.25) is 5.02 Å². The van der Waals surface area contributed by atoms with Gasteiger partial charge in [-0.15, -0.1) is 0 Å². The summed E-state index contributed by atoms with van der Waals surface area (Å²) < 4.78 is 45.9. The molecule has 8 heteroatoms. The fraction of sp³-hybridized carbons (Fsp3) is 0. The Morgan fingerprint density at radius 3 is 2.05 bits per heavy atom. The van der Waals surface area contributed by atoms with Gasteiger partial charge in [-0.25, -0.2) is 0 Å². The molecule has 0 saturated carbocycles. The van der Waals surface area contributed by atoms with Gasteiger partial charge >= 0.3 is 17.9 Å². The lowest BCUT2D eigenvalue weighted by Gasteiger charge is -1.94. The Hall–Kier alpha value is -1.60. The van der Waals surface area contributed by atoms with Gasteiger partial charge in [-0.05, 0) is 41.7 Å². The van der Waals surface area contributed by atoms with E-state index in [1.165, 1.54) is 0 Å². The molecule has 3 rings (SSSR count). The lowest BCUT2D eigenvalue weighted by atomic mass is 10.2. The molecule has 110 valence electrons. The van der Waals surface area contributed by atoms with Crippen molar-refractivity contribution in [1.82, 2.24) is 0 Å². The second-order valence-electron chi connectivity index (χ2n) is 3.94. The van der Waals surface area contributed by atoms with Crippen molar-refractivity contribution >= 4 is 40.5 Å². The van der Waals surface area contributed by atoms with Crippen LogP contribution < -0.4 is 0 Å². The molecule has 0 amide bonds. The van der Waals surface area contributed by atoms with Gasteiger partial charge in [0.2, 0.25) is 0 Å². The van der Waals surface area contributed by atoms with Crippen LogP contribution in [0.3, 0.4) is 0 Å². The summed E-state index contributed by atoms with van der Waals surface area (Å²) >= 11 is 7.50. The summed E-state index contributed by atoms with van der Waals surface area (Å²) in [6, 6.07) is 15.7. The van der Waals surface area contributed by atoms with Crippen LogP contribution in [0.25, 0.3) is 20.9 Å². The molecule has 0 aliphatic rings. The molecule has 0 unspecified atom stereocenters. The second-order valence-corrected chi connectivity index (χ2v) is 5.39. The minimum atomic E-state index is -6.00. The van der Waals surface area contributed by atoms with Gasteiger partial charge in [0.1, 0.15) is 4.70 Å². The van der Waals surface area contributed by atoms with Crippen LogP contribution in [0.4, 0.5) is 17.3 Å². The first-order chi connectivity index (χ1) is 9.83. The van der Waals surface area contributed by atoms with E-state index in [0.717, 1.165) is 25.9 Å². The highest BCUT2D eigenvalue weighted by Crippen LogP contribution is 2.33. The maximum atomic E-state index is 9.75. The molecular formula is C13H8BClF4OS. The summed E-state index contributed by atoms with van der Waals surface area (Å²) in [5, 5.41) is 1.66. The molecule has 0 aliphatic heterocycles. The largest absolute Gasteiger partial charge is 0.673 e. The number of hydrogen-bond donors (Lipinski definition) is 0. The number of halogens is 5. The van der Waals surface area contributed by atoms with E-state index < -0.39 is 7.25 Å². The topological polar surface area (TPSA) is 11.3 Å². The van der Waals surface area contributed by atoms with E-state index >= 15 is 0 Å². The van der Waals surface area contributed by atoms with Crippen LogP contribution in [-0.4, -0.2) is 7.25 Å². The third-order valence-electron chi connectivity index (χ3n) is 2.33. The summed E-state index contributed by atoms with van der Waals surface area (Å²) in [5.41, 5.74) is 1.99. The van der Waals surface area contributed by atoms with Crippen molar-refractivity contribution < 1.29 is 21.7 Å². The molecule has 3 aromatic rings. The summed E-state index contributed by atoms with van der Waals surface area (Å²) in [5.74, 6) is 0. The monoisotopic (exact) mass is 334 g/mol. The third-order valence-corrected chi connectivity index (χ3v) is 3.65. The zero-order valence-electron chi connectivity index (χ0n) is 10.4. The number of fused-ring (bicyclic) bond motifs is 1. The third kappa shape index (κ3) is 5.02. The summed E-state index contributed by atoms with van der Waals surface area (Å²) in [6.07, 6.45) is 0. The van der Waals surface area contributed by atoms with E-state index in [1.807, 2.05) is 42.5 Å². The lowest BCUT2D eigenvalue weighted by molar-refractivity contribution is 0.368. The van der Waals surface area contributed by atoms with Gasteiger partial charge in [0, 0.05) is 11.1 Å². The maximum Gasteiger partial charge on any atom is 0.673 e. The van der Waals surface area contributed by atoms with E-state index in [0.29, 0.717) is 0 Å². The first-order valence-corrected chi connectivity index (χ1v) is 6.97. The molecule has 1 heterocycles. The SMILES string of the molecule is Clc1ccc(-c2[o+]c3ccccc3s2)cc1.F[B-](F)(F)F. The van der Waals surface area contributed by atoms with E-state index in [-0.39, 0.29) is 0 Å². The molecule has 0 aliphatic carbocycles. The van der Waals surface area contributed by atoms with Gasteiger partial charge in [-0.2, -0.15) is 4.42 Å². The van der Waals surface area contributed by atoms with Gasteiger partial charge in [0.25, 0.3) is 0 Å². The molecule has 0 radical (unpaired) electrons. The molecule has 0 saturated heterocycles. The number of hydrogen-bond acceptors (Lipinski definition) is 1. The lowest BCUT2D eigenvalue weighted by Crippen LogP contribution is -2.02. The van der Waals surface area contributed by atoms with Crippen molar-refractivity contribution in [3.63, 3.8) is 0 Å². The Morgan fingerprint density at radius 2 is 1.48 bits per heavy atom. The molecule has 1 nitrogen and oxygen atoms in total. The molecule has 0 N–H and O–H groups in total. The molecule has 0 bridgehead atoms. The van der Waals surface area contributed by atoms with E-state index in [9.17, 15) is 17.3 Å². The van der Waals surface area contributed by atoms with E-state index in [2.05, 4.69) is 6.07 Å². The van der Waals surface area contributed by atoms with Crippen LogP contribution in [0.15, 0.2) is 52.9 Å². The summed E-state index contributed by atoms with van der Waals surface area (Å²) in [4.78, 5) is 0. The molecule has 2 aromatic carbocycles. The van der Waals surface area contributed by atoms with Gasteiger partial charge in [-0.3, -0.25) is 0 Å².